The number of fused-ring (bicyclic) bond motifs is 1. The van der Waals surface area contributed by atoms with Crippen molar-refractivity contribution in [2.24, 2.45) is 0 Å². The first-order valence-electron chi connectivity index (χ1n) is 2.93. The van der Waals surface area contributed by atoms with Crippen molar-refractivity contribution in [1.82, 2.24) is 0 Å². The van der Waals surface area contributed by atoms with E-state index < -0.39 is 5.79 Å². The molecule has 1 N–H and O–H groups in total. The molecule has 1 heterocycles. The Morgan fingerprint density at radius 3 is 3.12 bits per heavy atom. The van der Waals surface area contributed by atoms with Crippen molar-refractivity contribution in [1.29, 1.82) is 0 Å². The van der Waals surface area contributed by atoms with Crippen molar-refractivity contribution in [3.8, 4) is 0 Å². The highest BCUT2D eigenvalue weighted by molar-refractivity contribution is 5.21. The van der Waals surface area contributed by atoms with Gasteiger partial charge in [-0.2, -0.15) is 0 Å². The summed E-state index contributed by atoms with van der Waals surface area (Å²) >= 11 is 0. The summed E-state index contributed by atoms with van der Waals surface area (Å²) in [4.78, 5) is 0. The van der Waals surface area contributed by atoms with E-state index >= 15 is 0 Å². The van der Waals surface area contributed by atoms with Crippen molar-refractivity contribution in [2.45, 2.75) is 25.0 Å². The molecule has 0 amide bonds. The SMILES string of the molecule is OC12CCCC=C1O2. The van der Waals surface area contributed by atoms with Crippen LogP contribution in [0.4, 0.5) is 0 Å². The number of hydrogen-bond acceptors (Lipinski definition) is 2. The third kappa shape index (κ3) is 0.409. The first-order chi connectivity index (χ1) is 3.81. The Balaban J connectivity index is 2.26. The van der Waals surface area contributed by atoms with Gasteiger partial charge in [-0.3, -0.25) is 0 Å². The first-order valence-corrected chi connectivity index (χ1v) is 2.93. The lowest BCUT2D eigenvalue weighted by molar-refractivity contribution is 0.0272. The van der Waals surface area contributed by atoms with Crippen LogP contribution in [0.5, 0.6) is 0 Å². The molecule has 0 bridgehead atoms. The number of ether oxygens (including phenoxy) is 1. The lowest BCUT2D eigenvalue weighted by Crippen LogP contribution is -2.09. The summed E-state index contributed by atoms with van der Waals surface area (Å²) in [7, 11) is 0. The molecule has 2 aliphatic rings. The zero-order valence-electron chi connectivity index (χ0n) is 4.55. The van der Waals surface area contributed by atoms with Gasteiger partial charge in [-0.1, -0.05) is 0 Å². The van der Waals surface area contributed by atoms with Crippen LogP contribution in [0.2, 0.25) is 0 Å². The van der Waals surface area contributed by atoms with Crippen molar-refractivity contribution in [3.63, 3.8) is 0 Å². The first kappa shape index (κ1) is 4.39. The minimum absolute atomic E-state index is 0.791. The van der Waals surface area contributed by atoms with E-state index in [9.17, 15) is 0 Å². The molecule has 1 aliphatic carbocycles. The second-order valence-corrected chi connectivity index (χ2v) is 2.35. The maximum atomic E-state index is 9.16. The standard InChI is InChI=1S/C6H8O2/c7-6-4-2-1-3-5(6)8-6/h3,7H,1-2,4H2. The maximum absolute atomic E-state index is 9.16. The number of hydrogen-bond donors (Lipinski definition) is 1. The number of allylic oxidation sites excluding steroid dienone is 1. The van der Waals surface area contributed by atoms with E-state index in [4.69, 9.17) is 9.84 Å². The van der Waals surface area contributed by atoms with Crippen LogP contribution in [-0.4, -0.2) is 10.9 Å². The van der Waals surface area contributed by atoms with Gasteiger partial charge in [-0.05, 0) is 18.9 Å². The second-order valence-electron chi connectivity index (χ2n) is 2.35. The number of rotatable bonds is 0. The van der Waals surface area contributed by atoms with Gasteiger partial charge in [0.05, 0.1) is 0 Å². The fraction of sp³-hybridized carbons (Fsp3) is 0.667. The van der Waals surface area contributed by atoms with Gasteiger partial charge in [0.1, 0.15) is 0 Å². The van der Waals surface area contributed by atoms with E-state index in [-0.39, 0.29) is 0 Å². The molecule has 8 heavy (non-hydrogen) atoms. The molecule has 1 fully saturated rings. The predicted molar refractivity (Wildman–Crippen MR) is 28.0 cm³/mol. The average Bonchev–Trinajstić information content (AvgIpc) is 2.39. The molecule has 0 radical (unpaired) electrons. The number of aliphatic hydroxyl groups is 1. The largest absolute Gasteiger partial charge is 0.453 e. The lowest BCUT2D eigenvalue weighted by atomic mass is 10.1. The highest BCUT2D eigenvalue weighted by Crippen LogP contribution is 2.45. The zero-order chi connectivity index (χ0) is 5.61. The summed E-state index contributed by atoms with van der Waals surface area (Å²) in [6, 6.07) is 0. The van der Waals surface area contributed by atoms with Crippen molar-refractivity contribution in [3.05, 3.63) is 11.8 Å². The van der Waals surface area contributed by atoms with E-state index in [1.54, 1.807) is 0 Å². The molecular weight excluding hydrogens is 104 g/mol. The quantitative estimate of drug-likeness (QED) is 0.469. The summed E-state index contributed by atoms with van der Waals surface area (Å²) in [6.07, 6.45) is 4.87. The predicted octanol–water partition coefficient (Wildman–Crippen LogP) is 0.773. The van der Waals surface area contributed by atoms with Gasteiger partial charge in [0.2, 0.25) is 0 Å². The summed E-state index contributed by atoms with van der Waals surface area (Å²) in [6.45, 7) is 0. The average molecular weight is 112 g/mol. The maximum Gasteiger partial charge on any atom is 0.266 e. The molecule has 0 aromatic carbocycles. The molecule has 0 spiro atoms. The van der Waals surface area contributed by atoms with Crippen LogP contribution in [0.15, 0.2) is 11.8 Å². The van der Waals surface area contributed by atoms with Gasteiger partial charge in [-0.25, -0.2) is 0 Å². The fourth-order valence-corrected chi connectivity index (χ4v) is 1.11. The smallest absolute Gasteiger partial charge is 0.266 e. The zero-order valence-corrected chi connectivity index (χ0v) is 4.55. The van der Waals surface area contributed by atoms with Crippen LogP contribution in [0.1, 0.15) is 19.3 Å². The van der Waals surface area contributed by atoms with E-state index in [2.05, 4.69) is 0 Å². The molecule has 2 nitrogen and oxygen atoms in total. The third-order valence-electron chi connectivity index (χ3n) is 1.67. The van der Waals surface area contributed by atoms with Crippen LogP contribution < -0.4 is 0 Å². The molecule has 2 rings (SSSR count). The molecule has 1 aliphatic heterocycles. The second kappa shape index (κ2) is 1.08. The van der Waals surface area contributed by atoms with Gasteiger partial charge >= 0.3 is 0 Å². The van der Waals surface area contributed by atoms with Crippen molar-refractivity contribution in [2.75, 3.05) is 0 Å². The molecule has 1 unspecified atom stereocenters. The molecule has 44 valence electrons. The number of epoxide rings is 1. The molecule has 1 saturated heterocycles. The molecule has 0 saturated carbocycles. The summed E-state index contributed by atoms with van der Waals surface area (Å²) in [5, 5.41) is 9.16. The van der Waals surface area contributed by atoms with Crippen molar-refractivity contribution < 1.29 is 9.84 Å². The minimum atomic E-state index is -0.793. The van der Waals surface area contributed by atoms with Crippen LogP contribution in [0.25, 0.3) is 0 Å². The van der Waals surface area contributed by atoms with E-state index in [1.165, 1.54) is 0 Å². The molecule has 0 aromatic rings. The highest BCUT2D eigenvalue weighted by atomic mass is 16.7. The van der Waals surface area contributed by atoms with Gasteiger partial charge in [0.15, 0.2) is 5.76 Å². The molecule has 1 atom stereocenters. The fourth-order valence-electron chi connectivity index (χ4n) is 1.11. The van der Waals surface area contributed by atoms with Crippen LogP contribution in [0.3, 0.4) is 0 Å². The molecule has 0 aromatic heterocycles. The van der Waals surface area contributed by atoms with Crippen LogP contribution in [-0.2, 0) is 4.74 Å². The highest BCUT2D eigenvalue weighted by Gasteiger charge is 2.51. The van der Waals surface area contributed by atoms with Gasteiger partial charge in [-0.15, -0.1) is 0 Å². The van der Waals surface area contributed by atoms with Gasteiger partial charge in [0.25, 0.3) is 5.79 Å². The van der Waals surface area contributed by atoms with E-state index in [0.717, 1.165) is 25.0 Å². The van der Waals surface area contributed by atoms with Gasteiger partial charge in [0, 0.05) is 6.42 Å². The Kier molecular flexibility index (Phi) is 0.591. The summed E-state index contributed by atoms with van der Waals surface area (Å²) < 4.78 is 4.88. The lowest BCUT2D eigenvalue weighted by Gasteiger charge is -2.01. The summed E-state index contributed by atoms with van der Waals surface area (Å²) in [5.74, 6) is 0.00174. The summed E-state index contributed by atoms with van der Waals surface area (Å²) in [5.41, 5.74) is 0. The Labute approximate surface area is 47.8 Å². The Morgan fingerprint density at radius 1 is 1.75 bits per heavy atom. The monoisotopic (exact) mass is 112 g/mol. The van der Waals surface area contributed by atoms with E-state index in [0.29, 0.717) is 0 Å². The van der Waals surface area contributed by atoms with Gasteiger partial charge < -0.3 is 9.84 Å². The third-order valence-corrected chi connectivity index (χ3v) is 1.67. The Morgan fingerprint density at radius 2 is 2.62 bits per heavy atom. The molecular formula is C6H8O2. The van der Waals surface area contributed by atoms with Crippen LogP contribution in [0, 0.1) is 0 Å². The van der Waals surface area contributed by atoms with Crippen LogP contribution >= 0.6 is 0 Å². The minimum Gasteiger partial charge on any atom is -0.453 e. The molecule has 2 heteroatoms. The van der Waals surface area contributed by atoms with Crippen molar-refractivity contribution >= 4 is 0 Å². The topological polar surface area (TPSA) is 32.8 Å². The Hall–Kier alpha value is -0.500. The van der Waals surface area contributed by atoms with E-state index in [1.807, 2.05) is 6.08 Å². The Bertz CT molecular complexity index is 151. The normalized spacial score (nSPS) is 41.9.